The number of guanidine groups is 1. The van der Waals surface area contributed by atoms with Crippen molar-refractivity contribution in [3.05, 3.63) is 23.7 Å². The molecule has 2 saturated heterocycles. The number of piperazine rings is 1. The lowest BCUT2D eigenvalue weighted by atomic mass is 10.2. The van der Waals surface area contributed by atoms with Gasteiger partial charge in [0, 0.05) is 65.0 Å². The summed E-state index contributed by atoms with van der Waals surface area (Å²) >= 11 is 0. The number of rotatable bonds is 7. The summed E-state index contributed by atoms with van der Waals surface area (Å²) in [6.45, 7) is 9.53. The van der Waals surface area contributed by atoms with Gasteiger partial charge < -0.3 is 29.6 Å². The monoisotopic (exact) mass is 562 g/mol. The minimum absolute atomic E-state index is 0. The third-order valence-corrected chi connectivity index (χ3v) is 5.60. The van der Waals surface area contributed by atoms with Gasteiger partial charge in [0.2, 0.25) is 5.91 Å². The molecule has 2 N–H and O–H groups in total. The lowest BCUT2D eigenvalue weighted by Crippen LogP contribution is -2.55. The zero-order valence-corrected chi connectivity index (χ0v) is 21.3. The summed E-state index contributed by atoms with van der Waals surface area (Å²) in [5.74, 6) is 1.22. The molecule has 1 aromatic rings. The van der Waals surface area contributed by atoms with Gasteiger partial charge in [-0.25, -0.2) is 0 Å². The van der Waals surface area contributed by atoms with Crippen LogP contribution in [0.4, 0.5) is 0 Å². The summed E-state index contributed by atoms with van der Waals surface area (Å²) in [6.07, 6.45) is 2.30. The molecule has 0 aromatic carbocycles. The molecule has 10 nitrogen and oxygen atoms in total. The minimum Gasteiger partial charge on any atom is -0.459 e. The number of morpholine rings is 1. The summed E-state index contributed by atoms with van der Waals surface area (Å²) < 4.78 is 10.5. The van der Waals surface area contributed by atoms with Gasteiger partial charge in [0.1, 0.15) is 0 Å². The van der Waals surface area contributed by atoms with E-state index in [9.17, 15) is 9.59 Å². The first kappa shape index (κ1) is 26.4. The molecule has 0 unspecified atom stereocenters. The highest BCUT2D eigenvalue weighted by molar-refractivity contribution is 14.0. The molecule has 1 aromatic heterocycles. The molecule has 0 radical (unpaired) electrons. The van der Waals surface area contributed by atoms with E-state index in [-0.39, 0.29) is 35.8 Å². The lowest BCUT2D eigenvalue weighted by molar-refractivity contribution is -0.136. The molecule has 2 fully saturated rings. The first-order valence-electron chi connectivity index (χ1n) is 10.9. The molecule has 2 aliphatic rings. The Bertz CT molecular complexity index is 757. The van der Waals surface area contributed by atoms with Crippen LogP contribution in [-0.2, 0) is 9.53 Å². The quantitative estimate of drug-likeness (QED) is 0.215. The van der Waals surface area contributed by atoms with Crippen LogP contribution < -0.4 is 10.6 Å². The highest BCUT2D eigenvalue weighted by Crippen LogP contribution is 2.08. The van der Waals surface area contributed by atoms with Crippen molar-refractivity contribution < 1.29 is 18.7 Å². The average molecular weight is 562 g/mol. The SMILES string of the molecule is CN=C(NCCCNC(=O)c1occc1C)N1CCN(CC(=O)N2CCOCC2)CC1.I. The Balaban J connectivity index is 0.00000363. The molecule has 180 valence electrons. The number of carbonyl (C=O) groups excluding carboxylic acids is 2. The molecule has 0 bridgehead atoms. The summed E-state index contributed by atoms with van der Waals surface area (Å²) in [7, 11) is 1.78. The molecule has 3 heterocycles. The van der Waals surface area contributed by atoms with Crippen LogP contribution in [0.2, 0.25) is 0 Å². The highest BCUT2D eigenvalue weighted by Gasteiger charge is 2.24. The largest absolute Gasteiger partial charge is 0.459 e. The number of hydrogen-bond acceptors (Lipinski definition) is 6. The first-order chi connectivity index (χ1) is 15.1. The molecule has 2 amide bonds. The van der Waals surface area contributed by atoms with Gasteiger partial charge in [-0.2, -0.15) is 0 Å². The van der Waals surface area contributed by atoms with Gasteiger partial charge in [0.05, 0.1) is 26.0 Å². The van der Waals surface area contributed by atoms with Crippen LogP contribution in [0, 0.1) is 6.92 Å². The second-order valence-corrected chi connectivity index (χ2v) is 7.77. The molecule has 2 aliphatic heterocycles. The predicted octanol–water partition coefficient (Wildman–Crippen LogP) is 0.378. The summed E-state index contributed by atoms with van der Waals surface area (Å²) in [4.78, 5) is 35.1. The van der Waals surface area contributed by atoms with Crippen molar-refractivity contribution in [2.75, 3.05) is 79.2 Å². The van der Waals surface area contributed by atoms with Crippen molar-refractivity contribution in [2.24, 2.45) is 4.99 Å². The molecule has 32 heavy (non-hydrogen) atoms. The van der Waals surface area contributed by atoms with E-state index < -0.39 is 0 Å². The van der Waals surface area contributed by atoms with E-state index in [0.717, 1.165) is 44.1 Å². The maximum atomic E-state index is 12.4. The Morgan fingerprint density at radius 2 is 1.72 bits per heavy atom. The Morgan fingerprint density at radius 3 is 2.34 bits per heavy atom. The van der Waals surface area contributed by atoms with Crippen molar-refractivity contribution in [1.29, 1.82) is 0 Å². The number of halogens is 1. The van der Waals surface area contributed by atoms with Crippen LogP contribution in [0.15, 0.2) is 21.7 Å². The summed E-state index contributed by atoms with van der Waals surface area (Å²) in [6, 6.07) is 1.78. The lowest BCUT2D eigenvalue weighted by Gasteiger charge is -2.37. The zero-order chi connectivity index (χ0) is 22.1. The van der Waals surface area contributed by atoms with Crippen molar-refractivity contribution in [2.45, 2.75) is 13.3 Å². The van der Waals surface area contributed by atoms with Gasteiger partial charge in [-0.3, -0.25) is 19.5 Å². The smallest absolute Gasteiger partial charge is 0.287 e. The second kappa shape index (κ2) is 13.6. The summed E-state index contributed by atoms with van der Waals surface area (Å²) in [5, 5.41) is 6.23. The number of nitrogens with zero attached hydrogens (tertiary/aromatic N) is 4. The highest BCUT2D eigenvalue weighted by atomic mass is 127. The Morgan fingerprint density at radius 1 is 1.03 bits per heavy atom. The summed E-state index contributed by atoms with van der Waals surface area (Å²) in [5.41, 5.74) is 0.835. The van der Waals surface area contributed by atoms with Gasteiger partial charge in [-0.1, -0.05) is 0 Å². The van der Waals surface area contributed by atoms with E-state index >= 15 is 0 Å². The molecule has 3 rings (SSSR count). The Kier molecular flexibility index (Phi) is 11.2. The molecule has 0 aliphatic carbocycles. The van der Waals surface area contributed by atoms with Crippen molar-refractivity contribution >= 4 is 41.8 Å². The fourth-order valence-corrected chi connectivity index (χ4v) is 3.73. The minimum atomic E-state index is -0.186. The van der Waals surface area contributed by atoms with E-state index in [1.165, 1.54) is 6.26 Å². The topological polar surface area (TPSA) is 103 Å². The van der Waals surface area contributed by atoms with Crippen molar-refractivity contribution in [1.82, 2.24) is 25.3 Å². The maximum absolute atomic E-state index is 12.4. The molecule has 0 atom stereocenters. The van der Waals surface area contributed by atoms with Crippen LogP contribution in [0.3, 0.4) is 0 Å². The van der Waals surface area contributed by atoms with Gasteiger partial charge >= 0.3 is 0 Å². The number of aryl methyl sites for hydroxylation is 1. The van der Waals surface area contributed by atoms with Crippen LogP contribution in [0.25, 0.3) is 0 Å². The average Bonchev–Trinajstić information content (AvgIpc) is 3.23. The number of aliphatic imine (C=N–C) groups is 1. The predicted molar refractivity (Wildman–Crippen MR) is 133 cm³/mol. The maximum Gasteiger partial charge on any atom is 0.287 e. The van der Waals surface area contributed by atoms with Crippen molar-refractivity contribution in [3.63, 3.8) is 0 Å². The molecular weight excluding hydrogens is 527 g/mol. The van der Waals surface area contributed by atoms with E-state index in [2.05, 4.69) is 25.4 Å². The van der Waals surface area contributed by atoms with Gasteiger partial charge in [0.25, 0.3) is 5.91 Å². The van der Waals surface area contributed by atoms with Crippen LogP contribution >= 0.6 is 24.0 Å². The number of amides is 2. The van der Waals surface area contributed by atoms with Crippen molar-refractivity contribution in [3.8, 4) is 0 Å². The standard InChI is InChI=1S/C21H34N6O4.HI/c1-17-4-13-31-19(17)20(29)23-5-3-6-24-21(22-2)27-9-7-25(8-10-27)16-18(28)26-11-14-30-15-12-26;/h4,13H,3,5-12,14-16H2,1-2H3,(H,22,24)(H,23,29);1H. The van der Waals surface area contributed by atoms with Crippen LogP contribution in [0.5, 0.6) is 0 Å². The third kappa shape index (κ3) is 7.62. The van der Waals surface area contributed by atoms with Gasteiger partial charge in [-0.15, -0.1) is 24.0 Å². The van der Waals surface area contributed by atoms with E-state index in [1.54, 1.807) is 13.1 Å². The fraction of sp³-hybridized carbons (Fsp3) is 0.667. The zero-order valence-electron chi connectivity index (χ0n) is 19.0. The number of ether oxygens (including phenoxy) is 1. The van der Waals surface area contributed by atoms with Gasteiger partial charge in [0.15, 0.2) is 11.7 Å². The van der Waals surface area contributed by atoms with E-state index in [0.29, 0.717) is 51.7 Å². The van der Waals surface area contributed by atoms with Crippen LogP contribution in [0.1, 0.15) is 22.5 Å². The number of carbonyl (C=O) groups is 2. The third-order valence-electron chi connectivity index (χ3n) is 5.60. The first-order valence-corrected chi connectivity index (χ1v) is 10.9. The molecule has 0 spiro atoms. The second-order valence-electron chi connectivity index (χ2n) is 7.77. The number of hydrogen-bond donors (Lipinski definition) is 2. The molecule has 11 heteroatoms. The Labute approximate surface area is 206 Å². The number of nitrogens with one attached hydrogen (secondary N) is 2. The molecular formula is C21H35IN6O4. The number of furan rings is 1. The van der Waals surface area contributed by atoms with E-state index in [4.69, 9.17) is 9.15 Å². The normalized spacial score (nSPS) is 17.6. The Hall–Kier alpha value is -1.86. The van der Waals surface area contributed by atoms with Gasteiger partial charge in [-0.05, 0) is 19.4 Å². The molecule has 0 saturated carbocycles. The fourth-order valence-electron chi connectivity index (χ4n) is 3.73. The van der Waals surface area contributed by atoms with E-state index in [1.807, 2.05) is 11.8 Å². The van der Waals surface area contributed by atoms with Crippen LogP contribution in [-0.4, -0.2) is 112 Å².